The zero-order valence-electron chi connectivity index (χ0n) is 8.77. The molecule has 5 nitrogen and oxygen atoms in total. The number of benzene rings is 1. The van der Waals surface area contributed by atoms with E-state index in [0.29, 0.717) is 0 Å². The van der Waals surface area contributed by atoms with Gasteiger partial charge in [-0.1, -0.05) is 6.07 Å². The van der Waals surface area contributed by atoms with E-state index in [-0.39, 0.29) is 29.5 Å². The van der Waals surface area contributed by atoms with Crippen LogP contribution in [0.2, 0.25) is 0 Å². The number of hydrogen-bond donors (Lipinski definition) is 3. The summed E-state index contributed by atoms with van der Waals surface area (Å²) in [6.45, 7) is 1.83. The summed E-state index contributed by atoms with van der Waals surface area (Å²) in [5.74, 6) is -1.50. The van der Waals surface area contributed by atoms with Crippen LogP contribution in [0.15, 0.2) is 18.2 Å². The van der Waals surface area contributed by atoms with Crippen LogP contribution >= 0.6 is 0 Å². The van der Waals surface area contributed by atoms with Gasteiger partial charge in [0, 0.05) is 6.54 Å². The standard InChI is InChI=1S/C11H12N2O3/c1-7(5-12)6-13-11(16)10-8(14)3-2-4-9(10)15/h2-4,7,14-15H,6H2,1H3,(H,13,16). The van der Waals surface area contributed by atoms with E-state index in [1.54, 1.807) is 6.92 Å². The lowest BCUT2D eigenvalue weighted by atomic mass is 10.1. The molecule has 1 amide bonds. The number of nitrogens with zero attached hydrogens (tertiary/aromatic N) is 1. The van der Waals surface area contributed by atoms with Crippen molar-refractivity contribution in [3.8, 4) is 17.6 Å². The normalized spacial score (nSPS) is 11.5. The van der Waals surface area contributed by atoms with E-state index in [2.05, 4.69) is 5.32 Å². The predicted octanol–water partition coefficient (Wildman–Crippen LogP) is 0.987. The first kappa shape index (κ1) is 11.9. The highest BCUT2D eigenvalue weighted by atomic mass is 16.3. The fourth-order valence-corrected chi connectivity index (χ4v) is 1.14. The average molecular weight is 220 g/mol. The van der Waals surface area contributed by atoms with E-state index in [4.69, 9.17) is 5.26 Å². The second-order valence-electron chi connectivity index (χ2n) is 3.41. The van der Waals surface area contributed by atoms with Crippen LogP contribution in [0, 0.1) is 17.2 Å². The number of nitriles is 1. The molecular weight excluding hydrogens is 208 g/mol. The Kier molecular flexibility index (Phi) is 3.72. The van der Waals surface area contributed by atoms with Crippen molar-refractivity contribution in [2.75, 3.05) is 6.54 Å². The summed E-state index contributed by atoms with van der Waals surface area (Å²) in [5, 5.41) is 29.8. The Hall–Kier alpha value is -2.22. The molecule has 0 spiro atoms. The van der Waals surface area contributed by atoms with Gasteiger partial charge in [-0.25, -0.2) is 0 Å². The Morgan fingerprint density at radius 2 is 2.06 bits per heavy atom. The van der Waals surface area contributed by atoms with E-state index < -0.39 is 5.91 Å². The fraction of sp³-hybridized carbons (Fsp3) is 0.273. The van der Waals surface area contributed by atoms with E-state index in [1.807, 2.05) is 6.07 Å². The molecule has 3 N–H and O–H groups in total. The largest absolute Gasteiger partial charge is 0.507 e. The number of amides is 1. The smallest absolute Gasteiger partial charge is 0.258 e. The minimum Gasteiger partial charge on any atom is -0.507 e. The summed E-state index contributed by atoms with van der Waals surface area (Å²) in [6.07, 6.45) is 0. The summed E-state index contributed by atoms with van der Waals surface area (Å²) in [7, 11) is 0. The first-order chi connectivity index (χ1) is 7.56. The number of phenolic OH excluding ortho intramolecular Hbond substituents is 2. The molecule has 0 aromatic heterocycles. The quantitative estimate of drug-likeness (QED) is 0.708. The molecule has 5 heteroatoms. The molecule has 0 heterocycles. The lowest BCUT2D eigenvalue weighted by molar-refractivity contribution is 0.0945. The van der Waals surface area contributed by atoms with E-state index in [9.17, 15) is 15.0 Å². The lowest BCUT2D eigenvalue weighted by Gasteiger charge is -2.08. The molecular formula is C11H12N2O3. The number of carbonyl (C=O) groups is 1. The second kappa shape index (κ2) is 5.03. The van der Waals surface area contributed by atoms with Gasteiger partial charge in [-0.15, -0.1) is 0 Å². The molecule has 1 aromatic carbocycles. The van der Waals surface area contributed by atoms with Crippen molar-refractivity contribution in [2.24, 2.45) is 5.92 Å². The van der Waals surface area contributed by atoms with Crippen molar-refractivity contribution in [3.05, 3.63) is 23.8 Å². The van der Waals surface area contributed by atoms with Gasteiger partial charge in [-0.2, -0.15) is 5.26 Å². The van der Waals surface area contributed by atoms with Gasteiger partial charge in [0.05, 0.1) is 12.0 Å². The maximum atomic E-state index is 11.6. The average Bonchev–Trinajstić information content (AvgIpc) is 2.25. The number of nitrogens with one attached hydrogen (secondary N) is 1. The molecule has 0 aliphatic heterocycles. The summed E-state index contributed by atoms with van der Waals surface area (Å²) in [5.41, 5.74) is -0.173. The molecule has 84 valence electrons. The first-order valence-electron chi connectivity index (χ1n) is 4.75. The number of aromatic hydroxyl groups is 2. The molecule has 1 aromatic rings. The minimum atomic E-state index is -0.599. The monoisotopic (exact) mass is 220 g/mol. The van der Waals surface area contributed by atoms with Gasteiger partial charge in [0.15, 0.2) is 0 Å². The van der Waals surface area contributed by atoms with Crippen LogP contribution in [-0.4, -0.2) is 22.7 Å². The molecule has 0 saturated carbocycles. The number of hydrogen-bond acceptors (Lipinski definition) is 4. The van der Waals surface area contributed by atoms with Crippen LogP contribution in [0.25, 0.3) is 0 Å². The minimum absolute atomic E-state index is 0.170. The molecule has 0 fully saturated rings. The van der Waals surface area contributed by atoms with Crippen molar-refractivity contribution in [3.63, 3.8) is 0 Å². The number of phenols is 2. The zero-order valence-corrected chi connectivity index (χ0v) is 8.77. The van der Waals surface area contributed by atoms with Gasteiger partial charge in [0.1, 0.15) is 17.1 Å². The van der Waals surface area contributed by atoms with Gasteiger partial charge in [0.2, 0.25) is 0 Å². The maximum absolute atomic E-state index is 11.6. The highest BCUT2D eigenvalue weighted by molar-refractivity contribution is 5.99. The van der Waals surface area contributed by atoms with E-state index in [0.717, 1.165) is 0 Å². The Bertz CT molecular complexity index is 417. The SMILES string of the molecule is CC(C#N)CNC(=O)c1c(O)cccc1O. The van der Waals surface area contributed by atoms with Crippen molar-refractivity contribution in [2.45, 2.75) is 6.92 Å². The van der Waals surface area contributed by atoms with Crippen LogP contribution in [0.1, 0.15) is 17.3 Å². The third kappa shape index (κ3) is 2.64. The molecule has 1 rings (SSSR count). The van der Waals surface area contributed by atoms with Crippen LogP contribution in [0.5, 0.6) is 11.5 Å². The van der Waals surface area contributed by atoms with Crippen LogP contribution < -0.4 is 5.32 Å². The highest BCUT2D eigenvalue weighted by Crippen LogP contribution is 2.25. The third-order valence-corrected chi connectivity index (χ3v) is 2.04. The number of rotatable bonds is 3. The molecule has 0 radical (unpaired) electrons. The van der Waals surface area contributed by atoms with Crippen LogP contribution in [0.4, 0.5) is 0 Å². The summed E-state index contributed by atoms with van der Waals surface area (Å²) in [6, 6.07) is 6.01. The lowest BCUT2D eigenvalue weighted by Crippen LogP contribution is -2.27. The van der Waals surface area contributed by atoms with Gasteiger partial charge < -0.3 is 15.5 Å². The Morgan fingerprint density at radius 1 is 1.50 bits per heavy atom. The van der Waals surface area contributed by atoms with Gasteiger partial charge in [0.25, 0.3) is 5.91 Å². The van der Waals surface area contributed by atoms with Crippen molar-refractivity contribution >= 4 is 5.91 Å². The van der Waals surface area contributed by atoms with E-state index >= 15 is 0 Å². The fourth-order valence-electron chi connectivity index (χ4n) is 1.14. The molecule has 0 saturated heterocycles. The van der Waals surface area contributed by atoms with Crippen LogP contribution in [-0.2, 0) is 0 Å². The maximum Gasteiger partial charge on any atom is 0.258 e. The zero-order chi connectivity index (χ0) is 12.1. The first-order valence-corrected chi connectivity index (χ1v) is 4.75. The molecule has 0 bridgehead atoms. The topological polar surface area (TPSA) is 93.4 Å². The Balaban J connectivity index is 2.78. The molecule has 1 atom stereocenters. The summed E-state index contributed by atoms with van der Waals surface area (Å²) in [4.78, 5) is 11.6. The van der Waals surface area contributed by atoms with Crippen molar-refractivity contribution in [1.29, 1.82) is 5.26 Å². The third-order valence-electron chi connectivity index (χ3n) is 2.04. The molecule has 16 heavy (non-hydrogen) atoms. The van der Waals surface area contributed by atoms with Gasteiger partial charge in [-0.3, -0.25) is 4.79 Å². The van der Waals surface area contributed by atoms with Crippen molar-refractivity contribution in [1.82, 2.24) is 5.32 Å². The van der Waals surface area contributed by atoms with E-state index in [1.165, 1.54) is 18.2 Å². The van der Waals surface area contributed by atoms with Gasteiger partial charge in [-0.05, 0) is 19.1 Å². The summed E-state index contributed by atoms with van der Waals surface area (Å²) < 4.78 is 0. The molecule has 0 aliphatic rings. The van der Waals surface area contributed by atoms with Crippen LogP contribution in [0.3, 0.4) is 0 Å². The highest BCUT2D eigenvalue weighted by Gasteiger charge is 2.16. The summed E-state index contributed by atoms with van der Waals surface area (Å²) >= 11 is 0. The van der Waals surface area contributed by atoms with Crippen molar-refractivity contribution < 1.29 is 15.0 Å². The Morgan fingerprint density at radius 3 is 2.56 bits per heavy atom. The second-order valence-corrected chi connectivity index (χ2v) is 3.41. The molecule has 0 aliphatic carbocycles. The molecule has 1 unspecified atom stereocenters. The van der Waals surface area contributed by atoms with Gasteiger partial charge >= 0.3 is 0 Å². The Labute approximate surface area is 92.9 Å². The predicted molar refractivity (Wildman–Crippen MR) is 56.9 cm³/mol. The number of carbonyl (C=O) groups excluding carboxylic acids is 1.